The molecule has 8 nitrogen and oxygen atoms in total. The van der Waals surface area contributed by atoms with Crippen LogP contribution < -0.4 is 0 Å². The standard InChI is InChI=1S/C31H34N6O2S/c1-24-9-11-27(12-10-24)23-40(38,39)36-22-28(21-32-36)29-7-4-8-31-33-30(34-37(29)31)20-26-15-13-25(14-16-26)6-5-19-35-17-2-3-18-35/h4,7-16,21-22H,2-3,5-6,17-20,23H2,1H3. The summed E-state index contributed by atoms with van der Waals surface area (Å²) in [6.45, 7) is 5.67. The summed E-state index contributed by atoms with van der Waals surface area (Å²) in [7, 11) is -3.66. The monoisotopic (exact) mass is 554 g/mol. The van der Waals surface area contributed by atoms with Crippen molar-refractivity contribution >= 4 is 15.7 Å². The number of likely N-dealkylation sites (tertiary alicyclic amines) is 1. The van der Waals surface area contributed by atoms with Crippen LogP contribution in [0.25, 0.3) is 16.9 Å². The molecule has 4 heterocycles. The lowest BCUT2D eigenvalue weighted by Crippen LogP contribution is -2.20. The van der Waals surface area contributed by atoms with Gasteiger partial charge < -0.3 is 4.90 Å². The Balaban J connectivity index is 1.15. The van der Waals surface area contributed by atoms with Crippen LogP contribution in [0.3, 0.4) is 0 Å². The van der Waals surface area contributed by atoms with Gasteiger partial charge in [0, 0.05) is 12.0 Å². The van der Waals surface area contributed by atoms with Gasteiger partial charge in [-0.2, -0.15) is 14.3 Å². The van der Waals surface area contributed by atoms with Crippen LogP contribution in [-0.2, 0) is 28.6 Å². The fourth-order valence-corrected chi connectivity index (χ4v) is 6.52. The lowest BCUT2D eigenvalue weighted by molar-refractivity contribution is 0.334. The first-order valence-corrected chi connectivity index (χ1v) is 15.5. The predicted octanol–water partition coefficient (Wildman–Crippen LogP) is 4.90. The smallest absolute Gasteiger partial charge is 0.257 e. The molecule has 1 fully saturated rings. The molecule has 1 saturated heterocycles. The molecule has 206 valence electrons. The number of fused-ring (bicyclic) bond motifs is 1. The van der Waals surface area contributed by atoms with Crippen molar-refractivity contribution in [1.82, 2.24) is 28.7 Å². The summed E-state index contributed by atoms with van der Waals surface area (Å²) in [5.74, 6) is 0.595. The molecule has 0 spiro atoms. The van der Waals surface area contributed by atoms with Crippen LogP contribution in [0.4, 0.5) is 0 Å². The van der Waals surface area contributed by atoms with Gasteiger partial charge in [-0.05, 0) is 81.1 Å². The highest BCUT2D eigenvalue weighted by molar-refractivity contribution is 7.89. The van der Waals surface area contributed by atoms with E-state index in [4.69, 9.17) is 10.1 Å². The van der Waals surface area contributed by atoms with Crippen molar-refractivity contribution in [3.8, 4) is 11.3 Å². The van der Waals surface area contributed by atoms with Crippen LogP contribution in [0.5, 0.6) is 0 Å². The zero-order valence-corrected chi connectivity index (χ0v) is 23.6. The topological polar surface area (TPSA) is 85.4 Å². The normalized spacial score (nSPS) is 14.3. The van der Waals surface area contributed by atoms with Crippen LogP contribution >= 0.6 is 0 Å². The maximum Gasteiger partial charge on any atom is 0.257 e. The van der Waals surface area contributed by atoms with E-state index in [2.05, 4.69) is 34.3 Å². The zero-order chi connectivity index (χ0) is 27.5. The Kier molecular flexibility index (Phi) is 7.49. The first kappa shape index (κ1) is 26.4. The van der Waals surface area contributed by atoms with Gasteiger partial charge in [-0.25, -0.2) is 17.9 Å². The van der Waals surface area contributed by atoms with E-state index in [1.165, 1.54) is 44.5 Å². The van der Waals surface area contributed by atoms with Gasteiger partial charge in [0.15, 0.2) is 11.5 Å². The first-order valence-electron chi connectivity index (χ1n) is 13.9. The van der Waals surface area contributed by atoms with Crippen LogP contribution in [0.2, 0.25) is 0 Å². The van der Waals surface area contributed by atoms with Gasteiger partial charge in [0.2, 0.25) is 0 Å². The number of rotatable bonds is 10. The lowest BCUT2D eigenvalue weighted by atomic mass is 10.1. The second-order valence-corrected chi connectivity index (χ2v) is 12.5. The van der Waals surface area contributed by atoms with E-state index < -0.39 is 10.0 Å². The molecule has 0 N–H and O–H groups in total. The molecule has 0 saturated carbocycles. The van der Waals surface area contributed by atoms with Crippen molar-refractivity contribution in [3.05, 3.63) is 107 Å². The predicted molar refractivity (Wildman–Crippen MR) is 157 cm³/mol. The molecule has 5 aromatic rings. The number of aromatic nitrogens is 5. The minimum Gasteiger partial charge on any atom is -0.303 e. The highest BCUT2D eigenvalue weighted by atomic mass is 32.2. The molecule has 0 bridgehead atoms. The highest BCUT2D eigenvalue weighted by Gasteiger charge is 2.18. The molecule has 3 aromatic heterocycles. The molecular formula is C31H34N6O2S. The quantitative estimate of drug-likeness (QED) is 0.244. The Morgan fingerprint density at radius 3 is 2.38 bits per heavy atom. The lowest BCUT2D eigenvalue weighted by Gasteiger charge is -2.13. The number of aryl methyl sites for hydroxylation is 2. The van der Waals surface area contributed by atoms with Gasteiger partial charge in [-0.3, -0.25) is 0 Å². The van der Waals surface area contributed by atoms with Crippen LogP contribution in [-0.4, -0.2) is 56.7 Å². The number of benzene rings is 2. The Morgan fingerprint density at radius 2 is 1.60 bits per heavy atom. The second-order valence-electron chi connectivity index (χ2n) is 10.7. The van der Waals surface area contributed by atoms with Crippen molar-refractivity contribution in [2.75, 3.05) is 19.6 Å². The van der Waals surface area contributed by atoms with Crippen LogP contribution in [0.15, 0.2) is 79.1 Å². The Hall–Kier alpha value is -3.82. The van der Waals surface area contributed by atoms with Crippen molar-refractivity contribution in [1.29, 1.82) is 0 Å². The summed E-state index contributed by atoms with van der Waals surface area (Å²) < 4.78 is 28.8. The number of hydrogen-bond acceptors (Lipinski definition) is 6. The SMILES string of the molecule is Cc1ccc(CS(=O)(=O)n2cc(-c3cccc4nc(Cc5ccc(CCCN6CCCC6)cc5)nn34)cn2)cc1. The Bertz CT molecular complexity index is 1700. The van der Waals surface area contributed by atoms with Crippen molar-refractivity contribution in [2.45, 2.75) is 44.8 Å². The summed E-state index contributed by atoms with van der Waals surface area (Å²) in [5, 5.41) is 8.94. The van der Waals surface area contributed by atoms with Crippen LogP contribution in [0.1, 0.15) is 47.3 Å². The maximum absolute atomic E-state index is 13.0. The molecule has 9 heteroatoms. The maximum atomic E-state index is 13.0. The average molecular weight is 555 g/mol. The molecule has 0 amide bonds. The van der Waals surface area contributed by atoms with Gasteiger partial charge in [0.25, 0.3) is 10.0 Å². The number of nitrogens with zero attached hydrogens (tertiary/aromatic N) is 6. The summed E-state index contributed by atoms with van der Waals surface area (Å²) in [5.41, 5.74) is 6.44. The molecular weight excluding hydrogens is 520 g/mol. The molecule has 1 aliphatic rings. The summed E-state index contributed by atoms with van der Waals surface area (Å²) >= 11 is 0. The molecule has 2 aromatic carbocycles. The van der Waals surface area contributed by atoms with Gasteiger partial charge in [-0.1, -0.05) is 60.2 Å². The van der Waals surface area contributed by atoms with Gasteiger partial charge in [0.1, 0.15) is 0 Å². The first-order chi connectivity index (χ1) is 19.4. The second kappa shape index (κ2) is 11.3. The average Bonchev–Trinajstić information content (AvgIpc) is 3.72. The molecule has 0 aliphatic carbocycles. The van der Waals surface area contributed by atoms with Crippen molar-refractivity contribution in [2.24, 2.45) is 0 Å². The molecule has 0 unspecified atom stereocenters. The summed E-state index contributed by atoms with van der Waals surface area (Å²) in [4.78, 5) is 7.29. The molecule has 6 rings (SSSR count). The molecule has 0 atom stereocenters. The summed E-state index contributed by atoms with van der Waals surface area (Å²) in [6, 6.07) is 22.0. The van der Waals surface area contributed by atoms with Gasteiger partial charge >= 0.3 is 0 Å². The minimum atomic E-state index is -3.66. The third-order valence-corrected chi connectivity index (χ3v) is 9.01. The molecule has 1 aliphatic heterocycles. The summed E-state index contributed by atoms with van der Waals surface area (Å²) in [6.07, 6.45) is 8.70. The number of hydrogen-bond donors (Lipinski definition) is 0. The van der Waals surface area contributed by atoms with Gasteiger partial charge in [-0.15, -0.1) is 0 Å². The highest BCUT2D eigenvalue weighted by Crippen LogP contribution is 2.22. The fraction of sp³-hybridized carbons (Fsp3) is 0.323. The fourth-order valence-electron chi connectivity index (χ4n) is 5.31. The van der Waals surface area contributed by atoms with E-state index in [1.807, 2.05) is 49.4 Å². The minimum absolute atomic E-state index is 0.122. The number of pyridine rings is 1. The van der Waals surface area contributed by atoms with E-state index >= 15 is 0 Å². The third-order valence-electron chi connectivity index (χ3n) is 7.54. The van der Waals surface area contributed by atoms with E-state index in [0.717, 1.165) is 32.9 Å². The Morgan fingerprint density at radius 1 is 0.875 bits per heavy atom. The van der Waals surface area contributed by atoms with E-state index in [1.54, 1.807) is 16.9 Å². The molecule has 0 radical (unpaired) electrons. The van der Waals surface area contributed by atoms with Crippen molar-refractivity contribution < 1.29 is 8.42 Å². The van der Waals surface area contributed by atoms with Crippen LogP contribution in [0, 0.1) is 6.92 Å². The van der Waals surface area contributed by atoms with E-state index in [0.29, 0.717) is 23.5 Å². The largest absolute Gasteiger partial charge is 0.303 e. The van der Waals surface area contributed by atoms with E-state index in [9.17, 15) is 8.42 Å². The van der Waals surface area contributed by atoms with Crippen molar-refractivity contribution in [3.63, 3.8) is 0 Å². The van der Waals surface area contributed by atoms with E-state index in [-0.39, 0.29) is 5.75 Å². The third kappa shape index (κ3) is 6.00. The Labute approximate surface area is 235 Å². The van der Waals surface area contributed by atoms with Gasteiger partial charge in [0.05, 0.1) is 23.8 Å². The molecule has 40 heavy (non-hydrogen) atoms. The zero-order valence-electron chi connectivity index (χ0n) is 22.8.